The Morgan fingerprint density at radius 2 is 1.51 bits per heavy atom. The molecule has 1 amide bonds. The Morgan fingerprint density at radius 3 is 2.23 bits per heavy atom. The van der Waals surface area contributed by atoms with E-state index in [1.807, 2.05) is 128 Å². The Labute approximate surface area is 252 Å². The van der Waals surface area contributed by atoms with Crippen molar-refractivity contribution in [2.45, 2.75) is 19.4 Å². The number of carbonyl (C=O) groups excluding carboxylic acids is 1. The number of hydrogen-bond acceptors (Lipinski definition) is 5. The smallest absolute Gasteiger partial charge is 0.278 e. The van der Waals surface area contributed by atoms with Crippen LogP contribution in [-0.4, -0.2) is 25.0 Å². The second kappa shape index (κ2) is 12.7. The van der Waals surface area contributed by atoms with Crippen LogP contribution in [0.1, 0.15) is 28.9 Å². The number of nitrogens with one attached hydrogen (secondary N) is 1. The lowest BCUT2D eigenvalue weighted by Gasteiger charge is -2.16. The van der Waals surface area contributed by atoms with Crippen LogP contribution >= 0.6 is 0 Å². The zero-order valence-corrected chi connectivity index (χ0v) is 24.3. The van der Waals surface area contributed by atoms with Crippen LogP contribution in [0.3, 0.4) is 0 Å². The van der Waals surface area contributed by atoms with Crippen molar-refractivity contribution in [1.82, 2.24) is 10.3 Å². The predicted octanol–water partition coefficient (Wildman–Crippen LogP) is 8.25. The lowest BCUT2D eigenvalue weighted by Crippen LogP contribution is -2.24. The molecule has 0 spiro atoms. The Kier molecular flexibility index (Phi) is 8.18. The molecular weight excluding hydrogens is 534 g/mol. The highest BCUT2D eigenvalue weighted by atomic mass is 16.5. The maximum Gasteiger partial charge on any atom is 0.278 e. The monoisotopic (exact) mass is 567 g/mol. The molecule has 0 unspecified atom stereocenters. The van der Waals surface area contributed by atoms with Crippen molar-refractivity contribution in [3.8, 4) is 33.9 Å². The van der Waals surface area contributed by atoms with Crippen molar-refractivity contribution < 1.29 is 13.9 Å². The summed E-state index contributed by atoms with van der Waals surface area (Å²) in [6.45, 7) is 0.463. The number of rotatable bonds is 9. The Balaban J connectivity index is 1.32. The first-order valence-corrected chi connectivity index (χ1v) is 14.4. The van der Waals surface area contributed by atoms with E-state index in [1.165, 1.54) is 0 Å². The van der Waals surface area contributed by atoms with E-state index in [1.54, 1.807) is 0 Å². The van der Waals surface area contributed by atoms with E-state index in [2.05, 4.69) is 17.4 Å². The highest BCUT2D eigenvalue weighted by Crippen LogP contribution is 2.36. The van der Waals surface area contributed by atoms with E-state index in [-0.39, 0.29) is 11.6 Å². The first kappa shape index (κ1) is 27.8. The summed E-state index contributed by atoms with van der Waals surface area (Å²) in [5, 5.41) is 3.08. The van der Waals surface area contributed by atoms with Gasteiger partial charge in [-0.25, -0.2) is 4.98 Å². The zero-order chi connectivity index (χ0) is 29.6. The van der Waals surface area contributed by atoms with Crippen molar-refractivity contribution in [1.29, 1.82) is 0 Å². The van der Waals surface area contributed by atoms with Crippen molar-refractivity contribution in [2.75, 3.05) is 19.0 Å². The van der Waals surface area contributed by atoms with Gasteiger partial charge in [-0.1, -0.05) is 78.9 Å². The molecule has 1 aliphatic carbocycles. The number of benzene rings is 4. The van der Waals surface area contributed by atoms with Crippen LogP contribution in [0.25, 0.3) is 33.9 Å². The van der Waals surface area contributed by atoms with Gasteiger partial charge < -0.3 is 19.4 Å². The summed E-state index contributed by atoms with van der Waals surface area (Å²) >= 11 is 0. The van der Waals surface area contributed by atoms with Crippen molar-refractivity contribution >= 4 is 11.6 Å². The molecule has 0 bridgehead atoms. The van der Waals surface area contributed by atoms with E-state index in [0.717, 1.165) is 51.4 Å². The normalized spacial score (nSPS) is 12.7. The molecule has 1 aliphatic rings. The average Bonchev–Trinajstić information content (AvgIpc) is 3.51. The number of hydrogen-bond donors (Lipinski definition) is 1. The molecule has 214 valence electrons. The van der Waals surface area contributed by atoms with Crippen molar-refractivity contribution in [2.24, 2.45) is 0 Å². The number of nitrogens with zero attached hydrogens (tertiary/aromatic N) is 2. The van der Waals surface area contributed by atoms with Gasteiger partial charge in [0.1, 0.15) is 12.4 Å². The van der Waals surface area contributed by atoms with E-state index < -0.39 is 0 Å². The molecule has 43 heavy (non-hydrogen) atoms. The third-order valence-corrected chi connectivity index (χ3v) is 7.33. The SMILES string of the molecule is CN(C)c1ccc(-c2oc(-c3ccccc3-c3ccccc3)nc2C(=O)NC2=CC(OCc3ccccc3)=CCC2)cc1. The number of anilines is 1. The third-order valence-electron chi connectivity index (χ3n) is 7.33. The highest BCUT2D eigenvalue weighted by Gasteiger charge is 2.25. The molecule has 1 aromatic heterocycles. The van der Waals surface area contributed by atoms with Gasteiger partial charge in [-0.15, -0.1) is 0 Å². The number of carbonyl (C=O) groups is 1. The molecule has 1 N–H and O–H groups in total. The molecule has 0 saturated heterocycles. The fourth-order valence-corrected chi connectivity index (χ4v) is 5.05. The first-order chi connectivity index (χ1) is 21.0. The zero-order valence-electron chi connectivity index (χ0n) is 24.3. The van der Waals surface area contributed by atoms with Gasteiger partial charge in [0.25, 0.3) is 5.91 Å². The van der Waals surface area contributed by atoms with Gasteiger partial charge in [0.2, 0.25) is 5.89 Å². The van der Waals surface area contributed by atoms with Crippen LogP contribution in [0.4, 0.5) is 5.69 Å². The van der Waals surface area contributed by atoms with Crippen LogP contribution in [0.2, 0.25) is 0 Å². The second-order valence-electron chi connectivity index (χ2n) is 10.6. The summed E-state index contributed by atoms with van der Waals surface area (Å²) in [5.41, 5.74) is 6.75. The van der Waals surface area contributed by atoms with Gasteiger partial charge in [0.05, 0.1) is 0 Å². The number of amides is 1. The molecule has 6 nitrogen and oxygen atoms in total. The molecule has 6 heteroatoms. The van der Waals surface area contributed by atoms with Gasteiger partial charge >= 0.3 is 0 Å². The summed E-state index contributed by atoms with van der Waals surface area (Å²) in [6.07, 6.45) is 5.40. The van der Waals surface area contributed by atoms with E-state index >= 15 is 0 Å². The minimum absolute atomic E-state index is 0.234. The van der Waals surface area contributed by atoms with Crippen molar-refractivity contribution in [3.05, 3.63) is 144 Å². The third kappa shape index (κ3) is 6.44. The summed E-state index contributed by atoms with van der Waals surface area (Å²) in [6, 6.07) is 36.0. The lowest BCUT2D eigenvalue weighted by molar-refractivity contribution is 0.0960. The molecule has 4 aromatic carbocycles. The van der Waals surface area contributed by atoms with Crippen LogP contribution in [0.5, 0.6) is 0 Å². The molecule has 0 fully saturated rings. The molecule has 1 heterocycles. The second-order valence-corrected chi connectivity index (χ2v) is 10.6. The Hall–Kier alpha value is -5.36. The molecule has 0 radical (unpaired) electrons. The minimum Gasteiger partial charge on any atom is -0.489 e. The van der Waals surface area contributed by atoms with Gasteiger partial charge in [0.15, 0.2) is 11.5 Å². The van der Waals surface area contributed by atoms with Crippen LogP contribution in [-0.2, 0) is 11.3 Å². The molecule has 5 aromatic rings. The topological polar surface area (TPSA) is 67.6 Å². The Morgan fingerprint density at radius 1 is 0.837 bits per heavy atom. The summed E-state index contributed by atoms with van der Waals surface area (Å²) in [7, 11) is 3.98. The predicted molar refractivity (Wildman–Crippen MR) is 171 cm³/mol. The largest absolute Gasteiger partial charge is 0.489 e. The maximum absolute atomic E-state index is 13.8. The Bertz CT molecular complexity index is 1770. The molecule has 0 atom stereocenters. The van der Waals surface area contributed by atoms with Gasteiger partial charge in [-0.3, -0.25) is 4.79 Å². The van der Waals surface area contributed by atoms with E-state index in [4.69, 9.17) is 14.1 Å². The number of aromatic nitrogens is 1. The van der Waals surface area contributed by atoms with Gasteiger partial charge in [-0.05, 0) is 72.0 Å². The fraction of sp³-hybridized carbons (Fsp3) is 0.135. The standard InChI is InChI=1S/C37H33N3O3/c1-40(2)30-22-20-28(21-23-30)35-34(39-37(43-35)33-19-10-9-18-32(33)27-14-7-4-8-15-27)36(41)38-29-16-11-17-31(24-29)42-25-26-12-5-3-6-13-26/h3-10,12-15,17-24H,11,16,25H2,1-2H3,(H,38,41). The van der Waals surface area contributed by atoms with Crippen LogP contribution < -0.4 is 10.2 Å². The number of oxazole rings is 1. The molecular formula is C37H33N3O3. The lowest BCUT2D eigenvalue weighted by atomic mass is 10.00. The fourth-order valence-electron chi connectivity index (χ4n) is 5.05. The average molecular weight is 568 g/mol. The molecule has 6 rings (SSSR count). The summed E-state index contributed by atoms with van der Waals surface area (Å²) in [5.74, 6) is 1.23. The highest BCUT2D eigenvalue weighted by molar-refractivity contribution is 5.99. The van der Waals surface area contributed by atoms with E-state index in [0.29, 0.717) is 24.7 Å². The quantitative estimate of drug-likeness (QED) is 0.194. The van der Waals surface area contributed by atoms with Crippen molar-refractivity contribution in [3.63, 3.8) is 0 Å². The summed E-state index contributed by atoms with van der Waals surface area (Å²) < 4.78 is 12.4. The maximum atomic E-state index is 13.8. The minimum atomic E-state index is -0.325. The molecule has 0 aliphatic heterocycles. The first-order valence-electron chi connectivity index (χ1n) is 14.4. The van der Waals surface area contributed by atoms with E-state index in [9.17, 15) is 4.79 Å². The van der Waals surface area contributed by atoms with Crippen LogP contribution in [0, 0.1) is 0 Å². The van der Waals surface area contributed by atoms with Crippen LogP contribution in [0.15, 0.2) is 137 Å². The molecule has 0 saturated carbocycles. The van der Waals surface area contributed by atoms with Gasteiger partial charge in [-0.2, -0.15) is 0 Å². The summed E-state index contributed by atoms with van der Waals surface area (Å²) in [4.78, 5) is 20.7. The van der Waals surface area contributed by atoms with Gasteiger partial charge in [0, 0.05) is 36.6 Å². The number of allylic oxidation sites excluding steroid dienone is 3. The number of ether oxygens (including phenoxy) is 1.